The summed E-state index contributed by atoms with van der Waals surface area (Å²) in [6.07, 6.45) is 14.8. The Bertz CT molecular complexity index is 1260. The molecule has 0 N–H and O–H groups in total. The van der Waals surface area contributed by atoms with Gasteiger partial charge in [-0.3, -0.25) is 9.98 Å². The highest BCUT2D eigenvalue weighted by Crippen LogP contribution is 2.45. The molecule has 4 aromatic carbocycles. The van der Waals surface area contributed by atoms with Crippen LogP contribution in [0.1, 0.15) is 51.4 Å². The molecule has 0 heterocycles. The van der Waals surface area contributed by atoms with Crippen LogP contribution >= 0.6 is 0 Å². The third-order valence-corrected chi connectivity index (χ3v) is 7.71. The fourth-order valence-corrected chi connectivity index (χ4v) is 5.85. The van der Waals surface area contributed by atoms with Crippen molar-refractivity contribution in [2.24, 2.45) is 21.8 Å². The largest absolute Gasteiger partial charge is 0.260 e. The van der Waals surface area contributed by atoms with E-state index < -0.39 is 0 Å². The molecule has 0 saturated heterocycles. The van der Waals surface area contributed by atoms with Crippen LogP contribution in [0.4, 0.5) is 11.4 Å². The predicted octanol–water partition coefficient (Wildman–Crippen LogP) is 9.44. The van der Waals surface area contributed by atoms with E-state index in [4.69, 9.17) is 9.98 Å². The summed E-state index contributed by atoms with van der Waals surface area (Å²) in [6, 6.07) is 26.3. The van der Waals surface area contributed by atoms with Crippen molar-refractivity contribution >= 4 is 45.3 Å². The molecule has 0 amide bonds. The Morgan fingerprint density at radius 2 is 0.912 bits per heavy atom. The van der Waals surface area contributed by atoms with Crippen LogP contribution in [0.5, 0.6) is 0 Å². The summed E-state index contributed by atoms with van der Waals surface area (Å²) in [5, 5.41) is 4.99. The summed E-state index contributed by atoms with van der Waals surface area (Å²) in [5.74, 6) is 1.21. The SMILES string of the molecule is C(=Nc1ccc2ccccc2c1-c1c(N=CC2CCCC2)ccc2ccccc12)C1CCCC1. The van der Waals surface area contributed by atoms with Crippen molar-refractivity contribution < 1.29 is 0 Å². The van der Waals surface area contributed by atoms with Crippen molar-refractivity contribution in [1.29, 1.82) is 0 Å². The zero-order valence-corrected chi connectivity index (χ0v) is 19.8. The maximum absolute atomic E-state index is 5.12. The number of nitrogens with zero attached hydrogens (tertiary/aromatic N) is 2. The third-order valence-electron chi connectivity index (χ3n) is 7.71. The lowest BCUT2D eigenvalue weighted by Crippen LogP contribution is -1.95. The first kappa shape index (κ1) is 21.3. The molecule has 0 radical (unpaired) electrons. The molecule has 2 aliphatic carbocycles. The topological polar surface area (TPSA) is 24.7 Å². The van der Waals surface area contributed by atoms with Gasteiger partial charge in [0.1, 0.15) is 0 Å². The Morgan fingerprint density at radius 1 is 0.500 bits per heavy atom. The van der Waals surface area contributed by atoms with Gasteiger partial charge in [0.2, 0.25) is 0 Å². The van der Waals surface area contributed by atoms with E-state index in [0.717, 1.165) is 11.4 Å². The van der Waals surface area contributed by atoms with Gasteiger partial charge < -0.3 is 0 Å². The van der Waals surface area contributed by atoms with E-state index in [2.05, 4.69) is 85.2 Å². The van der Waals surface area contributed by atoms with Crippen LogP contribution in [0.3, 0.4) is 0 Å². The first-order valence-corrected chi connectivity index (χ1v) is 13.0. The first-order valence-electron chi connectivity index (χ1n) is 13.0. The summed E-state index contributed by atoms with van der Waals surface area (Å²) in [7, 11) is 0. The summed E-state index contributed by atoms with van der Waals surface area (Å²) in [5.41, 5.74) is 4.53. The second-order valence-corrected chi connectivity index (χ2v) is 10.0. The van der Waals surface area contributed by atoms with Gasteiger partial charge in [0.25, 0.3) is 0 Å². The van der Waals surface area contributed by atoms with Gasteiger partial charge in [-0.1, -0.05) is 86.3 Å². The number of fused-ring (bicyclic) bond motifs is 2. The molecule has 0 aliphatic heterocycles. The molecule has 6 rings (SSSR count). The molecule has 0 atom stereocenters. The van der Waals surface area contributed by atoms with Gasteiger partial charge in [0.15, 0.2) is 0 Å². The summed E-state index contributed by atoms with van der Waals surface area (Å²) in [4.78, 5) is 10.2. The summed E-state index contributed by atoms with van der Waals surface area (Å²) >= 11 is 0. The molecule has 0 unspecified atom stereocenters. The van der Waals surface area contributed by atoms with E-state index in [1.807, 2.05) is 0 Å². The van der Waals surface area contributed by atoms with Crippen molar-refractivity contribution in [3.8, 4) is 11.1 Å². The van der Waals surface area contributed by atoms with Gasteiger partial charge >= 0.3 is 0 Å². The van der Waals surface area contributed by atoms with Gasteiger partial charge in [0, 0.05) is 23.6 Å². The summed E-state index contributed by atoms with van der Waals surface area (Å²) in [6.45, 7) is 0. The van der Waals surface area contributed by atoms with E-state index in [-0.39, 0.29) is 0 Å². The van der Waals surface area contributed by atoms with Crippen LogP contribution in [0.15, 0.2) is 82.8 Å². The number of aliphatic imine (C=N–C) groups is 2. The second kappa shape index (κ2) is 9.54. The zero-order valence-electron chi connectivity index (χ0n) is 19.8. The van der Waals surface area contributed by atoms with E-state index in [9.17, 15) is 0 Å². The van der Waals surface area contributed by atoms with Gasteiger partial charge in [-0.25, -0.2) is 0 Å². The highest BCUT2D eigenvalue weighted by molar-refractivity contribution is 6.13. The molecule has 2 fully saturated rings. The number of benzene rings is 4. The average molecular weight is 445 g/mol. The Balaban J connectivity index is 1.59. The van der Waals surface area contributed by atoms with Gasteiger partial charge in [-0.15, -0.1) is 0 Å². The molecular formula is C32H32N2. The molecule has 0 aromatic heterocycles. The number of rotatable bonds is 5. The Kier molecular flexibility index (Phi) is 5.97. The minimum atomic E-state index is 0.603. The molecule has 4 aromatic rings. The van der Waals surface area contributed by atoms with E-state index >= 15 is 0 Å². The van der Waals surface area contributed by atoms with Gasteiger partial charge in [-0.2, -0.15) is 0 Å². The maximum Gasteiger partial charge on any atom is 0.0711 e. The Morgan fingerprint density at radius 3 is 1.35 bits per heavy atom. The minimum absolute atomic E-state index is 0.603. The first-order chi connectivity index (χ1) is 16.9. The van der Waals surface area contributed by atoms with Crippen molar-refractivity contribution in [3.05, 3.63) is 72.8 Å². The molecule has 2 aliphatic rings. The Labute approximate surface area is 202 Å². The average Bonchev–Trinajstić information content (AvgIpc) is 3.60. The highest BCUT2D eigenvalue weighted by atomic mass is 14.8. The quantitative estimate of drug-likeness (QED) is 0.274. The number of hydrogen-bond acceptors (Lipinski definition) is 2. The highest BCUT2D eigenvalue weighted by Gasteiger charge is 2.19. The van der Waals surface area contributed by atoms with Gasteiger partial charge in [-0.05, 0) is 71.2 Å². The van der Waals surface area contributed by atoms with Crippen LogP contribution in [0, 0.1) is 11.8 Å². The van der Waals surface area contributed by atoms with Crippen LogP contribution < -0.4 is 0 Å². The van der Waals surface area contributed by atoms with Crippen molar-refractivity contribution in [2.45, 2.75) is 51.4 Å². The van der Waals surface area contributed by atoms with Crippen LogP contribution in [-0.4, -0.2) is 12.4 Å². The van der Waals surface area contributed by atoms with Crippen molar-refractivity contribution in [2.75, 3.05) is 0 Å². The van der Waals surface area contributed by atoms with Crippen LogP contribution in [-0.2, 0) is 0 Å². The van der Waals surface area contributed by atoms with E-state index in [1.165, 1.54) is 84.0 Å². The predicted molar refractivity (Wildman–Crippen MR) is 147 cm³/mol. The second-order valence-electron chi connectivity index (χ2n) is 10.0. The molecule has 34 heavy (non-hydrogen) atoms. The molecular weight excluding hydrogens is 412 g/mol. The maximum atomic E-state index is 5.12. The minimum Gasteiger partial charge on any atom is -0.260 e. The molecule has 2 nitrogen and oxygen atoms in total. The molecule has 0 bridgehead atoms. The zero-order chi connectivity index (χ0) is 22.7. The van der Waals surface area contributed by atoms with Crippen molar-refractivity contribution in [1.82, 2.24) is 0 Å². The van der Waals surface area contributed by atoms with E-state index in [0.29, 0.717) is 11.8 Å². The lowest BCUT2D eigenvalue weighted by atomic mass is 9.91. The fourth-order valence-electron chi connectivity index (χ4n) is 5.85. The molecule has 170 valence electrons. The lowest BCUT2D eigenvalue weighted by Gasteiger charge is -2.16. The Hall–Kier alpha value is -3.26. The standard InChI is InChI=1S/C32H32N2/c1-2-10-23(9-1)21-33-29-19-17-25-13-5-7-15-27(25)31(29)32-28-16-8-6-14-26(28)18-20-30(32)34-22-24-11-3-4-12-24/h5-8,13-24H,1-4,9-12H2. The molecule has 2 saturated carbocycles. The van der Waals surface area contributed by atoms with Crippen LogP contribution in [0.2, 0.25) is 0 Å². The van der Waals surface area contributed by atoms with E-state index in [1.54, 1.807) is 0 Å². The third kappa shape index (κ3) is 4.18. The lowest BCUT2D eigenvalue weighted by molar-refractivity contribution is 0.744. The molecule has 2 heteroatoms. The van der Waals surface area contributed by atoms with Crippen LogP contribution in [0.25, 0.3) is 32.7 Å². The molecule has 0 spiro atoms. The van der Waals surface area contributed by atoms with Crippen molar-refractivity contribution in [3.63, 3.8) is 0 Å². The normalized spacial score (nSPS) is 17.8. The van der Waals surface area contributed by atoms with Gasteiger partial charge in [0.05, 0.1) is 11.4 Å². The fraction of sp³-hybridized carbons (Fsp3) is 0.312. The number of hydrogen-bond donors (Lipinski definition) is 0. The monoisotopic (exact) mass is 444 g/mol. The smallest absolute Gasteiger partial charge is 0.0711 e. The summed E-state index contributed by atoms with van der Waals surface area (Å²) < 4.78 is 0.